The zero-order valence-corrected chi connectivity index (χ0v) is 19.1. The van der Waals surface area contributed by atoms with Gasteiger partial charge in [-0.15, -0.1) is 13.2 Å². The molecule has 0 spiro atoms. The zero-order valence-electron chi connectivity index (χ0n) is 19.1. The predicted octanol–water partition coefficient (Wildman–Crippen LogP) is 3.66. The number of amides is 1. The summed E-state index contributed by atoms with van der Waals surface area (Å²) in [6.45, 7) is 1.87. The van der Waals surface area contributed by atoms with E-state index >= 15 is 0 Å². The smallest absolute Gasteiger partial charge is 0.497 e. The van der Waals surface area contributed by atoms with Gasteiger partial charge in [0, 0.05) is 43.5 Å². The molecule has 1 fully saturated rings. The van der Waals surface area contributed by atoms with Crippen LogP contribution in [0.15, 0.2) is 61.1 Å². The summed E-state index contributed by atoms with van der Waals surface area (Å²) in [6, 6.07) is 12.5. The van der Waals surface area contributed by atoms with Crippen LogP contribution in [-0.4, -0.2) is 70.0 Å². The van der Waals surface area contributed by atoms with Gasteiger partial charge in [-0.3, -0.25) is 4.79 Å². The molecule has 5 rings (SSSR count). The fourth-order valence-corrected chi connectivity index (χ4v) is 4.15. The summed E-state index contributed by atoms with van der Waals surface area (Å²) in [5.41, 5.74) is 2.07. The van der Waals surface area contributed by atoms with Gasteiger partial charge in [0.1, 0.15) is 23.6 Å². The van der Waals surface area contributed by atoms with E-state index in [0.717, 1.165) is 34.8 Å². The fraction of sp³-hybridized carbons (Fsp3) is 0.250. The van der Waals surface area contributed by atoms with E-state index in [1.165, 1.54) is 18.5 Å². The molecule has 0 N–H and O–H groups in total. The standard InChI is InChI=1S/C24H21F3N6O3/c1-35-18-6-2-16(3-7-18)20-14-28-23-29-15-30-33(23)21(20)31-10-12-32(13-11-31)22(34)17-4-8-19(9-5-17)36-24(25,26)27/h2-9,14-15H,10-13H2,1H3. The van der Waals surface area contributed by atoms with Crippen LogP contribution in [0.25, 0.3) is 16.9 Å². The third-order valence-electron chi connectivity index (χ3n) is 5.88. The van der Waals surface area contributed by atoms with Gasteiger partial charge in [0.2, 0.25) is 0 Å². The number of methoxy groups -OCH3 is 1. The third-order valence-corrected chi connectivity index (χ3v) is 5.88. The largest absolute Gasteiger partial charge is 0.573 e. The van der Waals surface area contributed by atoms with E-state index in [1.54, 1.807) is 22.7 Å². The number of hydrogen-bond acceptors (Lipinski definition) is 7. The number of rotatable bonds is 5. The molecule has 1 aliphatic heterocycles. The average molecular weight is 498 g/mol. The molecule has 186 valence electrons. The SMILES string of the molecule is COc1ccc(-c2cnc3ncnn3c2N2CCN(C(=O)c3ccc(OC(F)(F)F)cc3)CC2)cc1. The zero-order chi connectivity index (χ0) is 25.3. The minimum Gasteiger partial charge on any atom is -0.497 e. The summed E-state index contributed by atoms with van der Waals surface area (Å²) in [6.07, 6.45) is -1.59. The average Bonchev–Trinajstić information content (AvgIpc) is 3.36. The summed E-state index contributed by atoms with van der Waals surface area (Å²) < 4.78 is 48.0. The van der Waals surface area contributed by atoms with E-state index in [2.05, 4.69) is 24.7 Å². The Bertz CT molecular complexity index is 1360. The number of nitrogens with zero attached hydrogens (tertiary/aromatic N) is 6. The Balaban J connectivity index is 1.35. The third kappa shape index (κ3) is 4.74. The number of piperazine rings is 1. The molecule has 3 heterocycles. The summed E-state index contributed by atoms with van der Waals surface area (Å²) in [7, 11) is 1.61. The number of fused-ring (bicyclic) bond motifs is 1. The number of alkyl halides is 3. The molecule has 2 aromatic heterocycles. The van der Waals surface area contributed by atoms with Gasteiger partial charge in [-0.05, 0) is 42.0 Å². The Labute approximate surface area is 203 Å². The van der Waals surface area contributed by atoms with Crippen LogP contribution in [-0.2, 0) is 0 Å². The first kappa shape index (κ1) is 23.4. The van der Waals surface area contributed by atoms with E-state index in [9.17, 15) is 18.0 Å². The quantitative estimate of drug-likeness (QED) is 0.415. The maximum atomic E-state index is 13.0. The highest BCUT2D eigenvalue weighted by Gasteiger charge is 2.31. The van der Waals surface area contributed by atoms with Crippen LogP contribution in [0.2, 0.25) is 0 Å². The molecule has 1 amide bonds. The topological polar surface area (TPSA) is 85.1 Å². The maximum Gasteiger partial charge on any atom is 0.573 e. The maximum absolute atomic E-state index is 13.0. The Kier molecular flexibility index (Phi) is 6.08. The van der Waals surface area contributed by atoms with Crippen molar-refractivity contribution in [2.24, 2.45) is 0 Å². The number of halogens is 3. The number of carbonyl (C=O) groups excluding carboxylic acids is 1. The molecule has 0 aliphatic carbocycles. The molecule has 0 bridgehead atoms. The van der Waals surface area contributed by atoms with Crippen molar-refractivity contribution in [2.45, 2.75) is 6.36 Å². The van der Waals surface area contributed by atoms with E-state index in [4.69, 9.17) is 4.74 Å². The highest BCUT2D eigenvalue weighted by Crippen LogP contribution is 2.32. The summed E-state index contributed by atoms with van der Waals surface area (Å²) in [5.74, 6) is 1.37. The van der Waals surface area contributed by atoms with E-state index in [0.29, 0.717) is 37.5 Å². The number of aromatic nitrogens is 4. The lowest BCUT2D eigenvalue weighted by Gasteiger charge is -2.36. The summed E-state index contributed by atoms with van der Waals surface area (Å²) in [4.78, 5) is 25.4. The number of carbonyl (C=O) groups is 1. The Morgan fingerprint density at radius 1 is 0.917 bits per heavy atom. The van der Waals surface area contributed by atoms with Crippen LogP contribution in [0.4, 0.5) is 19.0 Å². The first-order chi connectivity index (χ1) is 17.3. The molecule has 1 saturated heterocycles. The molecular formula is C24H21F3N6O3. The van der Waals surface area contributed by atoms with Gasteiger partial charge in [-0.2, -0.15) is 14.6 Å². The van der Waals surface area contributed by atoms with E-state index in [1.807, 2.05) is 24.3 Å². The van der Waals surface area contributed by atoms with Gasteiger partial charge >= 0.3 is 6.36 Å². The lowest BCUT2D eigenvalue weighted by Crippen LogP contribution is -2.49. The van der Waals surface area contributed by atoms with Crippen LogP contribution >= 0.6 is 0 Å². The number of ether oxygens (including phenoxy) is 2. The lowest BCUT2D eigenvalue weighted by atomic mass is 10.1. The van der Waals surface area contributed by atoms with Gasteiger partial charge in [0.05, 0.1) is 7.11 Å². The van der Waals surface area contributed by atoms with Crippen molar-refractivity contribution in [1.29, 1.82) is 0 Å². The van der Waals surface area contributed by atoms with Gasteiger partial charge in [-0.25, -0.2) is 4.98 Å². The van der Waals surface area contributed by atoms with Crippen molar-refractivity contribution < 1.29 is 27.4 Å². The van der Waals surface area contributed by atoms with Gasteiger partial charge in [0.25, 0.3) is 11.7 Å². The Morgan fingerprint density at radius 2 is 1.58 bits per heavy atom. The van der Waals surface area contributed by atoms with Crippen molar-refractivity contribution in [3.63, 3.8) is 0 Å². The molecule has 0 radical (unpaired) electrons. The second-order valence-electron chi connectivity index (χ2n) is 8.05. The molecule has 4 aromatic rings. The van der Waals surface area contributed by atoms with Crippen molar-refractivity contribution in [1.82, 2.24) is 24.5 Å². The van der Waals surface area contributed by atoms with Crippen LogP contribution < -0.4 is 14.4 Å². The van der Waals surface area contributed by atoms with Crippen molar-refractivity contribution in [3.05, 3.63) is 66.6 Å². The van der Waals surface area contributed by atoms with Gasteiger partial charge in [0.15, 0.2) is 0 Å². The number of benzene rings is 2. The summed E-state index contributed by atoms with van der Waals surface area (Å²) in [5, 5.41) is 4.35. The number of hydrogen-bond donors (Lipinski definition) is 0. The van der Waals surface area contributed by atoms with Crippen LogP contribution in [0.5, 0.6) is 11.5 Å². The first-order valence-electron chi connectivity index (χ1n) is 11.1. The van der Waals surface area contributed by atoms with Crippen LogP contribution in [0.3, 0.4) is 0 Å². The van der Waals surface area contributed by atoms with Crippen LogP contribution in [0.1, 0.15) is 10.4 Å². The van der Waals surface area contributed by atoms with Crippen molar-refractivity contribution in [3.8, 4) is 22.6 Å². The molecule has 0 unspecified atom stereocenters. The Morgan fingerprint density at radius 3 is 2.22 bits per heavy atom. The molecule has 2 aromatic carbocycles. The molecule has 12 heteroatoms. The summed E-state index contributed by atoms with van der Waals surface area (Å²) >= 11 is 0. The van der Waals surface area contributed by atoms with Gasteiger partial charge < -0.3 is 19.3 Å². The molecule has 9 nitrogen and oxygen atoms in total. The second kappa shape index (κ2) is 9.36. The minimum atomic E-state index is -4.78. The molecule has 36 heavy (non-hydrogen) atoms. The molecular weight excluding hydrogens is 477 g/mol. The fourth-order valence-electron chi connectivity index (χ4n) is 4.15. The molecule has 0 saturated carbocycles. The van der Waals surface area contributed by atoms with Crippen molar-refractivity contribution >= 4 is 17.5 Å². The predicted molar refractivity (Wildman–Crippen MR) is 124 cm³/mol. The lowest BCUT2D eigenvalue weighted by molar-refractivity contribution is -0.274. The van der Waals surface area contributed by atoms with Crippen LogP contribution in [0, 0.1) is 0 Å². The second-order valence-corrected chi connectivity index (χ2v) is 8.05. The first-order valence-corrected chi connectivity index (χ1v) is 11.1. The van der Waals surface area contributed by atoms with E-state index in [-0.39, 0.29) is 11.7 Å². The van der Waals surface area contributed by atoms with Gasteiger partial charge in [-0.1, -0.05) is 12.1 Å². The number of anilines is 1. The minimum absolute atomic E-state index is 0.260. The highest BCUT2D eigenvalue weighted by molar-refractivity contribution is 5.94. The molecule has 0 atom stereocenters. The van der Waals surface area contributed by atoms with Crippen molar-refractivity contribution in [2.75, 3.05) is 38.2 Å². The Hall–Kier alpha value is -4.35. The molecule has 1 aliphatic rings. The normalized spacial score (nSPS) is 14.2. The highest BCUT2D eigenvalue weighted by atomic mass is 19.4. The monoisotopic (exact) mass is 498 g/mol. The van der Waals surface area contributed by atoms with E-state index < -0.39 is 6.36 Å².